The number of ether oxygens (including phenoxy) is 1. The Morgan fingerprint density at radius 2 is 1.73 bits per heavy atom. The largest absolute Gasteiger partial charge is 0.480 e. The summed E-state index contributed by atoms with van der Waals surface area (Å²) in [6, 6.07) is 11.0. The van der Waals surface area contributed by atoms with Crippen molar-refractivity contribution < 1.29 is 32.6 Å². The van der Waals surface area contributed by atoms with Gasteiger partial charge in [-0.2, -0.15) is 28.1 Å². The number of carbonyl (C=O) groups excluding carboxylic acids is 1. The molecule has 3 saturated carbocycles. The van der Waals surface area contributed by atoms with E-state index in [0.717, 1.165) is 37.0 Å². The van der Waals surface area contributed by atoms with Crippen LogP contribution < -0.4 is 36.9 Å². The van der Waals surface area contributed by atoms with Crippen LogP contribution >= 0.6 is 11.6 Å². The van der Waals surface area contributed by atoms with Crippen LogP contribution in [-0.2, 0) is 10.3 Å². The number of rotatable bonds is 15. The summed E-state index contributed by atoms with van der Waals surface area (Å²) < 4.78 is 43.7. The Balaban J connectivity index is 0.982. The SMILES string of the molecule is CC12CCC(CC1=Nc1c(NCCC(NC(=O)c3ccc(Nc4nc(NC5(c6ccc(Cl)cc6)CC5)nc(OCC(F)(F)F)n4)cc3)C(=O)O)c(=O)c1=O)C2. The van der Waals surface area contributed by atoms with Crippen molar-refractivity contribution in [3.8, 4) is 6.01 Å². The quantitative estimate of drug-likeness (QED) is 0.0901. The number of carboxylic acid groups (broad SMARTS) is 1. The van der Waals surface area contributed by atoms with Crippen LogP contribution in [0.25, 0.3) is 0 Å². The summed E-state index contributed by atoms with van der Waals surface area (Å²) in [7, 11) is 0. The van der Waals surface area contributed by atoms with Crippen LogP contribution in [-0.4, -0.2) is 63.0 Å². The molecule has 3 fully saturated rings. The molecule has 2 bridgehead atoms. The first-order chi connectivity index (χ1) is 26.1. The van der Waals surface area contributed by atoms with Crippen LogP contribution in [0.3, 0.4) is 0 Å². The van der Waals surface area contributed by atoms with Crippen LogP contribution in [0.15, 0.2) is 63.1 Å². The number of nitrogens with one attached hydrogen (secondary N) is 4. The maximum atomic E-state index is 13.0. The molecule has 0 radical (unpaired) electrons. The smallest absolute Gasteiger partial charge is 0.422 e. The standard InChI is InChI=1S/C37H36ClF3N8O6/c1-35-12-10-19(17-35)16-25(35)45-27-26(28(50)29(27)51)42-15-11-24(31(53)54)44-30(52)20-2-8-23(9-3-20)43-32-46-33(48-34(47-32)55-18-37(39,40)41)49-36(13-14-36)21-4-6-22(38)7-5-21/h2-9,19,24,42H,10-18H2,1H3,(H,44,52)(H,53,54)(H2,43,46,47,48,49). The lowest BCUT2D eigenvalue weighted by atomic mass is 9.84. The van der Waals surface area contributed by atoms with Crippen LogP contribution in [0.5, 0.6) is 6.01 Å². The summed E-state index contributed by atoms with van der Waals surface area (Å²) in [5.41, 5.74) is 0.370. The Morgan fingerprint density at radius 3 is 2.35 bits per heavy atom. The number of nitrogens with zero attached hydrogens (tertiary/aromatic N) is 4. The zero-order chi connectivity index (χ0) is 39.1. The van der Waals surface area contributed by atoms with Gasteiger partial charge in [0.15, 0.2) is 6.61 Å². The number of alkyl halides is 3. The van der Waals surface area contributed by atoms with Gasteiger partial charge in [0.1, 0.15) is 17.4 Å². The molecule has 0 aliphatic heterocycles. The highest BCUT2D eigenvalue weighted by Gasteiger charge is 2.47. The van der Waals surface area contributed by atoms with Crippen molar-refractivity contribution in [1.29, 1.82) is 0 Å². The van der Waals surface area contributed by atoms with Gasteiger partial charge in [-0.05, 0) is 92.8 Å². The molecular weight excluding hydrogens is 745 g/mol. The lowest BCUT2D eigenvalue weighted by molar-refractivity contribution is -0.154. The number of aliphatic imine (C=N–C) groups is 1. The van der Waals surface area contributed by atoms with Gasteiger partial charge in [-0.3, -0.25) is 19.4 Å². The van der Waals surface area contributed by atoms with Crippen LogP contribution in [0.4, 0.5) is 42.1 Å². The number of amides is 1. The van der Waals surface area contributed by atoms with E-state index in [1.54, 1.807) is 12.1 Å². The molecule has 4 aromatic rings. The third-order valence-corrected chi connectivity index (χ3v) is 10.6. The molecule has 3 aromatic carbocycles. The molecule has 1 aromatic heterocycles. The van der Waals surface area contributed by atoms with Gasteiger partial charge >= 0.3 is 18.2 Å². The van der Waals surface area contributed by atoms with E-state index < -0.39 is 53.1 Å². The van der Waals surface area contributed by atoms with E-state index in [4.69, 9.17) is 16.3 Å². The second kappa shape index (κ2) is 14.6. The van der Waals surface area contributed by atoms with Gasteiger partial charge < -0.3 is 31.1 Å². The number of halogens is 4. The third-order valence-electron chi connectivity index (χ3n) is 10.4. The van der Waals surface area contributed by atoms with Gasteiger partial charge in [0, 0.05) is 33.9 Å². The highest BCUT2D eigenvalue weighted by molar-refractivity contribution is 6.30. The summed E-state index contributed by atoms with van der Waals surface area (Å²) in [6.45, 7) is 0.469. The Hall–Kier alpha value is -5.58. The molecule has 55 heavy (non-hydrogen) atoms. The van der Waals surface area contributed by atoms with E-state index in [2.05, 4.69) is 48.1 Å². The molecule has 288 valence electrons. The second-order valence-electron chi connectivity index (χ2n) is 14.5. The number of carbonyl (C=O) groups is 2. The monoisotopic (exact) mass is 780 g/mol. The minimum absolute atomic E-state index is 0.0268. The van der Waals surface area contributed by atoms with Gasteiger partial charge in [-0.1, -0.05) is 30.7 Å². The first kappa shape index (κ1) is 37.7. The van der Waals surface area contributed by atoms with E-state index in [1.807, 2.05) is 12.1 Å². The summed E-state index contributed by atoms with van der Waals surface area (Å²) in [5.74, 6) is -1.64. The minimum atomic E-state index is -4.64. The number of aliphatic carboxylic acids is 1. The molecule has 0 saturated heterocycles. The molecule has 14 nitrogen and oxygen atoms in total. The van der Waals surface area contributed by atoms with Crippen LogP contribution in [0.1, 0.15) is 67.8 Å². The van der Waals surface area contributed by atoms with Crippen molar-refractivity contribution >= 4 is 58.1 Å². The lowest BCUT2D eigenvalue weighted by Gasteiger charge is -2.23. The number of carboxylic acids is 1. The van der Waals surface area contributed by atoms with Crippen LogP contribution in [0.2, 0.25) is 5.02 Å². The van der Waals surface area contributed by atoms with E-state index in [0.29, 0.717) is 29.5 Å². The minimum Gasteiger partial charge on any atom is -0.480 e. The fourth-order valence-corrected chi connectivity index (χ4v) is 7.36. The summed E-state index contributed by atoms with van der Waals surface area (Å²) in [6.07, 6.45) is 0.588. The van der Waals surface area contributed by atoms with Crippen molar-refractivity contribution in [2.45, 2.75) is 69.6 Å². The summed E-state index contributed by atoms with van der Waals surface area (Å²) in [5, 5.41) is 21.7. The predicted molar refractivity (Wildman–Crippen MR) is 198 cm³/mol. The van der Waals surface area contributed by atoms with Crippen LogP contribution in [0, 0.1) is 11.3 Å². The molecule has 3 aliphatic rings. The molecular formula is C37H36ClF3N8O6. The molecule has 3 unspecified atom stereocenters. The van der Waals surface area contributed by atoms with E-state index >= 15 is 0 Å². The number of hydrogen-bond donors (Lipinski definition) is 5. The molecule has 5 N–H and O–H groups in total. The van der Waals surface area contributed by atoms with Crippen molar-refractivity contribution in [3.63, 3.8) is 0 Å². The molecule has 3 aliphatic carbocycles. The van der Waals surface area contributed by atoms with Crippen molar-refractivity contribution in [1.82, 2.24) is 20.3 Å². The number of benzene rings is 2. The zero-order valence-electron chi connectivity index (χ0n) is 29.4. The molecule has 3 atom stereocenters. The topological polar surface area (TPSA) is 197 Å². The fourth-order valence-electron chi connectivity index (χ4n) is 7.23. The van der Waals surface area contributed by atoms with Gasteiger partial charge in [0.25, 0.3) is 16.8 Å². The number of hydrogen-bond acceptors (Lipinski definition) is 12. The zero-order valence-corrected chi connectivity index (χ0v) is 30.2. The predicted octanol–water partition coefficient (Wildman–Crippen LogP) is 5.87. The van der Waals surface area contributed by atoms with Gasteiger partial charge in [0.2, 0.25) is 11.9 Å². The Kier molecular flexibility index (Phi) is 10.00. The molecule has 1 amide bonds. The first-order valence-electron chi connectivity index (χ1n) is 17.7. The number of anilines is 4. The number of fused-ring (bicyclic) bond motifs is 2. The maximum absolute atomic E-state index is 13.0. The Labute approximate surface area is 316 Å². The average molecular weight is 781 g/mol. The van der Waals surface area contributed by atoms with E-state index in [9.17, 15) is 37.5 Å². The fraction of sp³-hybridized carbons (Fsp3) is 0.405. The maximum Gasteiger partial charge on any atom is 0.422 e. The van der Waals surface area contributed by atoms with Crippen molar-refractivity contribution in [2.24, 2.45) is 16.3 Å². The highest BCUT2D eigenvalue weighted by atomic mass is 35.5. The average Bonchev–Trinajstić information content (AvgIpc) is 3.72. The Bertz CT molecular complexity index is 2220. The third kappa shape index (κ3) is 8.40. The molecule has 7 rings (SSSR count). The molecule has 0 spiro atoms. The van der Waals surface area contributed by atoms with Crippen molar-refractivity contribution in [2.75, 3.05) is 29.1 Å². The molecule has 18 heteroatoms. The van der Waals surface area contributed by atoms with E-state index in [1.165, 1.54) is 24.3 Å². The van der Waals surface area contributed by atoms with Gasteiger partial charge in [-0.15, -0.1) is 0 Å². The summed E-state index contributed by atoms with van der Waals surface area (Å²) in [4.78, 5) is 66.6. The molecule has 1 heterocycles. The lowest BCUT2D eigenvalue weighted by Crippen LogP contribution is -2.42. The summed E-state index contributed by atoms with van der Waals surface area (Å²) >= 11 is 6.03. The first-order valence-corrected chi connectivity index (χ1v) is 18.0. The normalized spacial score (nSPS) is 21.0. The van der Waals surface area contributed by atoms with Gasteiger partial charge in [0.05, 0.1) is 5.54 Å². The second-order valence-corrected chi connectivity index (χ2v) is 14.9. The van der Waals surface area contributed by atoms with Gasteiger partial charge in [-0.25, -0.2) is 4.79 Å². The highest BCUT2D eigenvalue weighted by Crippen LogP contribution is 2.52. The Morgan fingerprint density at radius 1 is 1.02 bits per heavy atom. The number of aromatic nitrogens is 3. The van der Waals surface area contributed by atoms with E-state index in [-0.39, 0.29) is 47.2 Å². The van der Waals surface area contributed by atoms with Crippen molar-refractivity contribution in [3.05, 3.63) is 85.1 Å².